The van der Waals surface area contributed by atoms with Crippen molar-refractivity contribution in [2.75, 3.05) is 14.2 Å². The number of allylic oxidation sites excluding steroid dienone is 2. The third-order valence-corrected chi connectivity index (χ3v) is 4.02. The lowest BCUT2D eigenvalue weighted by Gasteiger charge is -2.27. The Morgan fingerprint density at radius 3 is 2.04 bits per heavy atom. The highest BCUT2D eigenvalue weighted by molar-refractivity contribution is 6.11. The van der Waals surface area contributed by atoms with Gasteiger partial charge in [-0.25, -0.2) is 0 Å². The maximum atomic E-state index is 12.7. The maximum Gasteiger partial charge on any atom is 0.317 e. The van der Waals surface area contributed by atoms with Crippen molar-refractivity contribution in [3.63, 3.8) is 0 Å². The fourth-order valence-electron chi connectivity index (χ4n) is 2.46. The normalized spacial score (nSPS) is 13.2. The summed E-state index contributed by atoms with van der Waals surface area (Å²) >= 11 is 0. The molecule has 0 aliphatic heterocycles. The van der Waals surface area contributed by atoms with Gasteiger partial charge in [0, 0.05) is 0 Å². The van der Waals surface area contributed by atoms with E-state index >= 15 is 0 Å². The SMILES string of the molecule is COC(=O)C(C(=O)/C=C(\C)c1ccc(C)cc1)C(C)(C)C(=O)OC. The molecule has 0 aliphatic rings. The number of carbonyl (C=O) groups excluding carboxylic acids is 3. The van der Waals surface area contributed by atoms with Crippen molar-refractivity contribution in [1.82, 2.24) is 0 Å². The molecule has 0 bridgehead atoms. The maximum absolute atomic E-state index is 12.7. The number of hydrogen-bond acceptors (Lipinski definition) is 5. The van der Waals surface area contributed by atoms with E-state index in [0.717, 1.165) is 11.1 Å². The van der Waals surface area contributed by atoms with Crippen molar-refractivity contribution in [3.8, 4) is 0 Å². The molecule has 0 heterocycles. The first-order valence-electron chi connectivity index (χ1n) is 7.60. The second kappa shape index (κ2) is 7.90. The van der Waals surface area contributed by atoms with Crippen LogP contribution in [0.15, 0.2) is 30.3 Å². The average Bonchev–Trinajstić information content (AvgIpc) is 2.54. The zero-order valence-corrected chi connectivity index (χ0v) is 15.0. The molecule has 130 valence electrons. The Bertz CT molecular complexity index is 653. The molecule has 1 atom stereocenters. The van der Waals surface area contributed by atoms with Crippen molar-refractivity contribution in [1.29, 1.82) is 0 Å². The summed E-state index contributed by atoms with van der Waals surface area (Å²) in [6.45, 7) is 6.74. The molecule has 5 nitrogen and oxygen atoms in total. The van der Waals surface area contributed by atoms with E-state index in [1.807, 2.05) is 31.2 Å². The van der Waals surface area contributed by atoms with Gasteiger partial charge < -0.3 is 9.47 Å². The monoisotopic (exact) mass is 332 g/mol. The number of methoxy groups -OCH3 is 2. The summed E-state index contributed by atoms with van der Waals surface area (Å²) in [4.78, 5) is 36.8. The summed E-state index contributed by atoms with van der Waals surface area (Å²) < 4.78 is 9.44. The number of ketones is 1. The van der Waals surface area contributed by atoms with Crippen molar-refractivity contribution >= 4 is 23.3 Å². The Kier molecular flexibility index (Phi) is 6.46. The van der Waals surface area contributed by atoms with Gasteiger partial charge in [0.25, 0.3) is 0 Å². The number of hydrogen-bond donors (Lipinski definition) is 0. The van der Waals surface area contributed by atoms with Crippen LogP contribution < -0.4 is 0 Å². The van der Waals surface area contributed by atoms with Crippen LogP contribution >= 0.6 is 0 Å². The van der Waals surface area contributed by atoms with E-state index < -0.39 is 29.1 Å². The predicted molar refractivity (Wildman–Crippen MR) is 91.1 cm³/mol. The summed E-state index contributed by atoms with van der Waals surface area (Å²) in [5.41, 5.74) is 1.35. The molecular weight excluding hydrogens is 308 g/mol. The largest absolute Gasteiger partial charge is 0.469 e. The minimum absolute atomic E-state index is 0.490. The second-order valence-electron chi connectivity index (χ2n) is 6.27. The molecule has 24 heavy (non-hydrogen) atoms. The smallest absolute Gasteiger partial charge is 0.317 e. The zero-order chi connectivity index (χ0) is 18.5. The van der Waals surface area contributed by atoms with Crippen LogP contribution in [-0.4, -0.2) is 31.9 Å². The summed E-state index contributed by atoms with van der Waals surface area (Å²) in [5.74, 6) is -3.17. The predicted octanol–water partition coefficient (Wildman–Crippen LogP) is 2.96. The van der Waals surface area contributed by atoms with Crippen LogP contribution in [0.25, 0.3) is 5.57 Å². The third kappa shape index (κ3) is 4.31. The van der Waals surface area contributed by atoms with Gasteiger partial charge in [-0.15, -0.1) is 0 Å². The number of aryl methyl sites for hydroxylation is 1. The first-order chi connectivity index (χ1) is 11.1. The van der Waals surface area contributed by atoms with Crippen LogP contribution in [0, 0.1) is 18.3 Å². The number of ether oxygens (including phenoxy) is 2. The van der Waals surface area contributed by atoms with Gasteiger partial charge in [0.1, 0.15) is 5.92 Å². The molecule has 0 radical (unpaired) electrons. The average molecular weight is 332 g/mol. The fourth-order valence-corrected chi connectivity index (χ4v) is 2.46. The van der Waals surface area contributed by atoms with Crippen LogP contribution in [0.4, 0.5) is 0 Å². The lowest BCUT2D eigenvalue weighted by Crippen LogP contribution is -2.43. The quantitative estimate of drug-likeness (QED) is 0.455. The van der Waals surface area contributed by atoms with Crippen molar-refractivity contribution < 1.29 is 23.9 Å². The van der Waals surface area contributed by atoms with Gasteiger partial charge in [0.2, 0.25) is 0 Å². The lowest BCUT2D eigenvalue weighted by atomic mass is 9.75. The van der Waals surface area contributed by atoms with E-state index in [9.17, 15) is 14.4 Å². The first-order valence-corrected chi connectivity index (χ1v) is 7.60. The Balaban J connectivity index is 3.22. The lowest BCUT2D eigenvalue weighted by molar-refractivity contribution is -0.166. The van der Waals surface area contributed by atoms with Gasteiger partial charge in [-0.2, -0.15) is 0 Å². The van der Waals surface area contributed by atoms with E-state index in [1.165, 1.54) is 34.1 Å². The Morgan fingerprint density at radius 2 is 1.58 bits per heavy atom. The van der Waals surface area contributed by atoms with E-state index in [-0.39, 0.29) is 0 Å². The number of benzene rings is 1. The molecule has 5 heteroatoms. The van der Waals surface area contributed by atoms with E-state index in [0.29, 0.717) is 5.57 Å². The highest BCUT2D eigenvalue weighted by atomic mass is 16.5. The van der Waals surface area contributed by atoms with Crippen LogP contribution in [0.3, 0.4) is 0 Å². The molecule has 1 aromatic carbocycles. The Morgan fingerprint density at radius 1 is 1.04 bits per heavy atom. The molecule has 1 unspecified atom stereocenters. The van der Waals surface area contributed by atoms with Crippen molar-refractivity contribution in [2.45, 2.75) is 27.7 Å². The van der Waals surface area contributed by atoms with Gasteiger partial charge in [-0.3, -0.25) is 14.4 Å². The highest BCUT2D eigenvalue weighted by Crippen LogP contribution is 2.31. The minimum atomic E-state index is -1.33. The molecule has 0 aromatic heterocycles. The minimum Gasteiger partial charge on any atom is -0.469 e. The summed E-state index contributed by atoms with van der Waals surface area (Å²) in [6.07, 6.45) is 1.37. The first kappa shape index (κ1) is 19.6. The molecule has 0 amide bonds. The van der Waals surface area contributed by atoms with Crippen LogP contribution in [0.5, 0.6) is 0 Å². The fraction of sp³-hybridized carbons (Fsp3) is 0.421. The molecular formula is C19H24O5. The molecule has 1 aromatic rings. The van der Waals surface area contributed by atoms with Gasteiger partial charge in [0.15, 0.2) is 5.78 Å². The van der Waals surface area contributed by atoms with Crippen molar-refractivity contribution in [3.05, 3.63) is 41.5 Å². The number of esters is 2. The van der Waals surface area contributed by atoms with E-state index in [1.54, 1.807) is 6.92 Å². The van der Waals surface area contributed by atoms with E-state index in [4.69, 9.17) is 9.47 Å². The molecule has 0 saturated carbocycles. The van der Waals surface area contributed by atoms with Crippen LogP contribution in [0.2, 0.25) is 0 Å². The molecule has 0 spiro atoms. The van der Waals surface area contributed by atoms with Crippen LogP contribution in [0.1, 0.15) is 31.9 Å². The van der Waals surface area contributed by atoms with Gasteiger partial charge >= 0.3 is 11.9 Å². The number of rotatable bonds is 6. The number of carbonyl (C=O) groups is 3. The Hall–Kier alpha value is -2.43. The standard InChI is InChI=1S/C19H24O5/c1-12-7-9-14(10-8-12)13(2)11-15(20)16(17(21)23-5)19(3,4)18(22)24-6/h7-11,16H,1-6H3/b13-11+. The summed E-state index contributed by atoms with van der Waals surface area (Å²) in [6, 6.07) is 7.67. The molecule has 0 saturated heterocycles. The summed E-state index contributed by atoms with van der Waals surface area (Å²) in [7, 11) is 2.41. The van der Waals surface area contributed by atoms with Gasteiger partial charge in [-0.1, -0.05) is 29.8 Å². The molecule has 0 fully saturated rings. The van der Waals surface area contributed by atoms with E-state index in [2.05, 4.69) is 0 Å². The molecule has 0 N–H and O–H groups in total. The Labute approximate surface area is 142 Å². The second-order valence-corrected chi connectivity index (χ2v) is 6.27. The highest BCUT2D eigenvalue weighted by Gasteiger charge is 2.46. The van der Waals surface area contributed by atoms with Crippen LogP contribution in [-0.2, 0) is 23.9 Å². The summed E-state index contributed by atoms with van der Waals surface area (Å²) in [5, 5.41) is 0. The molecule has 1 rings (SSSR count). The van der Waals surface area contributed by atoms with Gasteiger partial charge in [0.05, 0.1) is 19.6 Å². The third-order valence-electron chi connectivity index (χ3n) is 4.02. The van der Waals surface area contributed by atoms with Gasteiger partial charge in [-0.05, 0) is 44.9 Å². The molecule has 0 aliphatic carbocycles. The topological polar surface area (TPSA) is 69.7 Å². The zero-order valence-electron chi connectivity index (χ0n) is 15.0. The van der Waals surface area contributed by atoms with Crippen molar-refractivity contribution in [2.24, 2.45) is 11.3 Å².